The van der Waals surface area contributed by atoms with Crippen LogP contribution in [0.25, 0.3) is 0 Å². The summed E-state index contributed by atoms with van der Waals surface area (Å²) in [5, 5.41) is 11.8. The lowest BCUT2D eigenvalue weighted by atomic mass is 9.87. The van der Waals surface area contributed by atoms with E-state index in [1.165, 1.54) is 5.56 Å². The summed E-state index contributed by atoms with van der Waals surface area (Å²) >= 11 is 0. The van der Waals surface area contributed by atoms with Gasteiger partial charge in [-0.1, -0.05) is 45.0 Å². The third-order valence-corrected chi connectivity index (χ3v) is 3.56. The summed E-state index contributed by atoms with van der Waals surface area (Å²) in [6, 6.07) is 8.20. The molecule has 0 aliphatic carbocycles. The molecule has 0 amide bonds. The molecule has 3 N–H and O–H groups in total. The Labute approximate surface area is 121 Å². The van der Waals surface area contributed by atoms with E-state index >= 15 is 0 Å². The highest BCUT2D eigenvalue weighted by molar-refractivity contribution is 5.85. The van der Waals surface area contributed by atoms with E-state index in [2.05, 4.69) is 31.1 Å². The Bertz CT molecular complexity index is 436. The summed E-state index contributed by atoms with van der Waals surface area (Å²) in [4.78, 5) is 0. The van der Waals surface area contributed by atoms with E-state index in [9.17, 15) is 0 Å². The van der Waals surface area contributed by atoms with Crippen LogP contribution in [0.5, 0.6) is 5.75 Å². The Hall–Kier alpha value is -1.71. The SMILES string of the molecule is CC(C)c1ccc(OCCCC(C)(C)C(N)=NO)cc1. The van der Waals surface area contributed by atoms with E-state index in [0.717, 1.165) is 18.6 Å². The standard InChI is InChI=1S/C16H26N2O2/c1-12(2)13-6-8-14(9-7-13)20-11-5-10-16(3,4)15(17)18-19/h6-9,12,19H,5,10-11H2,1-4H3,(H2,17,18). The molecule has 20 heavy (non-hydrogen) atoms. The molecule has 0 unspecified atom stereocenters. The third kappa shape index (κ3) is 4.76. The first-order chi connectivity index (χ1) is 9.36. The van der Waals surface area contributed by atoms with Crippen molar-refractivity contribution in [3.63, 3.8) is 0 Å². The predicted octanol–water partition coefficient (Wildman–Crippen LogP) is 3.74. The molecule has 0 radical (unpaired) electrons. The van der Waals surface area contributed by atoms with E-state index in [-0.39, 0.29) is 11.3 Å². The van der Waals surface area contributed by atoms with Gasteiger partial charge in [0, 0.05) is 5.41 Å². The summed E-state index contributed by atoms with van der Waals surface area (Å²) in [5.41, 5.74) is 6.65. The van der Waals surface area contributed by atoms with Crippen molar-refractivity contribution in [2.45, 2.75) is 46.5 Å². The minimum atomic E-state index is -0.306. The second-order valence-electron chi connectivity index (χ2n) is 6.04. The number of rotatable bonds is 7. The molecule has 1 aromatic carbocycles. The van der Waals surface area contributed by atoms with Gasteiger partial charge in [-0.05, 0) is 36.5 Å². The summed E-state index contributed by atoms with van der Waals surface area (Å²) in [5.74, 6) is 1.68. The monoisotopic (exact) mass is 278 g/mol. The molecule has 0 aliphatic rings. The van der Waals surface area contributed by atoms with E-state index < -0.39 is 0 Å². The van der Waals surface area contributed by atoms with Crippen molar-refractivity contribution in [2.75, 3.05) is 6.61 Å². The average Bonchev–Trinajstić information content (AvgIpc) is 2.43. The minimum Gasteiger partial charge on any atom is -0.494 e. The Morgan fingerprint density at radius 2 is 1.90 bits per heavy atom. The molecule has 0 heterocycles. The summed E-state index contributed by atoms with van der Waals surface area (Å²) in [6.45, 7) is 8.89. The highest BCUT2D eigenvalue weighted by atomic mass is 16.5. The number of hydrogen-bond acceptors (Lipinski definition) is 3. The second-order valence-corrected chi connectivity index (χ2v) is 6.04. The molecule has 0 aliphatic heterocycles. The third-order valence-electron chi connectivity index (χ3n) is 3.56. The maximum absolute atomic E-state index is 8.71. The number of hydrogen-bond donors (Lipinski definition) is 2. The van der Waals surface area contributed by atoms with Gasteiger partial charge in [-0.15, -0.1) is 0 Å². The van der Waals surface area contributed by atoms with Crippen molar-refractivity contribution in [2.24, 2.45) is 16.3 Å². The fourth-order valence-electron chi connectivity index (χ4n) is 1.92. The Kier molecular flexibility index (Phi) is 5.86. The lowest BCUT2D eigenvalue weighted by Gasteiger charge is -2.22. The first-order valence-electron chi connectivity index (χ1n) is 7.07. The van der Waals surface area contributed by atoms with Gasteiger partial charge >= 0.3 is 0 Å². The van der Waals surface area contributed by atoms with Crippen LogP contribution in [0, 0.1) is 5.41 Å². The van der Waals surface area contributed by atoms with Crippen LogP contribution in [-0.2, 0) is 0 Å². The highest BCUT2D eigenvalue weighted by Gasteiger charge is 2.22. The topological polar surface area (TPSA) is 67.8 Å². The maximum Gasteiger partial charge on any atom is 0.144 e. The number of benzene rings is 1. The molecular formula is C16H26N2O2. The van der Waals surface area contributed by atoms with E-state index in [1.54, 1.807) is 0 Å². The van der Waals surface area contributed by atoms with Crippen molar-refractivity contribution < 1.29 is 9.94 Å². The summed E-state index contributed by atoms with van der Waals surface area (Å²) in [6.07, 6.45) is 1.67. The molecule has 0 spiro atoms. The number of nitrogens with zero attached hydrogens (tertiary/aromatic N) is 1. The van der Waals surface area contributed by atoms with Crippen LogP contribution in [0.15, 0.2) is 29.4 Å². The molecular weight excluding hydrogens is 252 g/mol. The highest BCUT2D eigenvalue weighted by Crippen LogP contribution is 2.23. The largest absolute Gasteiger partial charge is 0.494 e. The predicted molar refractivity (Wildman–Crippen MR) is 82.4 cm³/mol. The maximum atomic E-state index is 8.71. The van der Waals surface area contributed by atoms with Crippen LogP contribution in [0.1, 0.15) is 52.0 Å². The van der Waals surface area contributed by atoms with Crippen LogP contribution in [-0.4, -0.2) is 17.6 Å². The number of oxime groups is 1. The molecule has 0 saturated heterocycles. The number of ether oxygens (including phenoxy) is 1. The molecule has 0 fully saturated rings. The molecule has 0 bridgehead atoms. The summed E-state index contributed by atoms with van der Waals surface area (Å²) < 4.78 is 5.71. The fourth-order valence-corrected chi connectivity index (χ4v) is 1.92. The Morgan fingerprint density at radius 1 is 1.30 bits per heavy atom. The Morgan fingerprint density at radius 3 is 2.40 bits per heavy atom. The zero-order valence-electron chi connectivity index (χ0n) is 12.9. The van der Waals surface area contributed by atoms with Crippen molar-refractivity contribution in [1.82, 2.24) is 0 Å². The average molecular weight is 278 g/mol. The molecule has 4 heteroatoms. The molecule has 0 aromatic heterocycles. The van der Waals surface area contributed by atoms with Crippen LogP contribution >= 0.6 is 0 Å². The van der Waals surface area contributed by atoms with E-state index in [4.69, 9.17) is 15.7 Å². The van der Waals surface area contributed by atoms with Crippen LogP contribution in [0.3, 0.4) is 0 Å². The molecule has 0 atom stereocenters. The van der Waals surface area contributed by atoms with Gasteiger partial charge in [0.05, 0.1) is 6.61 Å². The van der Waals surface area contributed by atoms with Crippen molar-refractivity contribution in [3.05, 3.63) is 29.8 Å². The van der Waals surface area contributed by atoms with Gasteiger partial charge in [0.15, 0.2) is 0 Å². The number of nitrogens with two attached hydrogens (primary N) is 1. The van der Waals surface area contributed by atoms with Crippen molar-refractivity contribution in [3.8, 4) is 5.75 Å². The smallest absolute Gasteiger partial charge is 0.144 e. The quantitative estimate of drug-likeness (QED) is 0.262. The molecule has 1 aromatic rings. The van der Waals surface area contributed by atoms with Gasteiger partial charge < -0.3 is 15.7 Å². The van der Waals surface area contributed by atoms with Crippen molar-refractivity contribution >= 4 is 5.84 Å². The van der Waals surface area contributed by atoms with Gasteiger partial charge in [-0.2, -0.15) is 0 Å². The fraction of sp³-hybridized carbons (Fsp3) is 0.562. The molecule has 4 nitrogen and oxygen atoms in total. The van der Waals surface area contributed by atoms with Crippen molar-refractivity contribution in [1.29, 1.82) is 0 Å². The molecule has 112 valence electrons. The molecule has 1 rings (SSSR count). The normalized spacial score (nSPS) is 12.8. The lowest BCUT2D eigenvalue weighted by molar-refractivity contribution is 0.277. The number of amidine groups is 1. The first kappa shape index (κ1) is 16.3. The van der Waals surface area contributed by atoms with E-state index in [1.807, 2.05) is 26.0 Å². The lowest BCUT2D eigenvalue weighted by Crippen LogP contribution is -2.32. The minimum absolute atomic E-state index is 0.263. The van der Waals surface area contributed by atoms with E-state index in [0.29, 0.717) is 12.5 Å². The van der Waals surface area contributed by atoms with Gasteiger partial charge in [-0.25, -0.2) is 0 Å². The van der Waals surface area contributed by atoms with Crippen LogP contribution in [0.4, 0.5) is 0 Å². The van der Waals surface area contributed by atoms with Gasteiger partial charge in [0.25, 0.3) is 0 Å². The molecule has 0 saturated carbocycles. The van der Waals surface area contributed by atoms with Gasteiger partial charge in [0.2, 0.25) is 0 Å². The zero-order valence-corrected chi connectivity index (χ0v) is 12.9. The zero-order chi connectivity index (χ0) is 15.2. The first-order valence-corrected chi connectivity index (χ1v) is 7.07. The summed E-state index contributed by atoms with van der Waals surface area (Å²) in [7, 11) is 0. The van der Waals surface area contributed by atoms with Crippen LogP contribution < -0.4 is 10.5 Å². The Balaban J connectivity index is 2.38. The van der Waals surface area contributed by atoms with Crippen LogP contribution in [0.2, 0.25) is 0 Å². The van der Waals surface area contributed by atoms with Gasteiger partial charge in [-0.3, -0.25) is 0 Å². The van der Waals surface area contributed by atoms with Gasteiger partial charge in [0.1, 0.15) is 11.6 Å². The second kappa shape index (κ2) is 7.17.